The highest BCUT2D eigenvalue weighted by Gasteiger charge is 2.17. The van der Waals surface area contributed by atoms with Crippen LogP contribution in [0.2, 0.25) is 0 Å². The number of unbranched alkanes of at least 4 members (excludes halogenated alkanes) is 16. The lowest BCUT2D eigenvalue weighted by Gasteiger charge is -2.19. The fourth-order valence-electron chi connectivity index (χ4n) is 7.16. The molecule has 0 rings (SSSR count). The maximum absolute atomic E-state index is 12.4. The topological polar surface area (TPSA) is 69.6 Å². The Hall–Kier alpha value is -3.99. The average Bonchev–Trinajstić information content (AvgIpc) is 3.33. The molecule has 0 aliphatic heterocycles. The van der Waals surface area contributed by atoms with E-state index in [1.54, 1.807) is 6.08 Å². The van der Waals surface area contributed by atoms with Crippen LogP contribution in [0, 0.1) is 0 Å². The zero-order valence-corrected chi connectivity index (χ0v) is 43.1. The zero-order valence-electron chi connectivity index (χ0n) is 43.1. The molecule has 0 aliphatic carbocycles. The van der Waals surface area contributed by atoms with Crippen LogP contribution in [0.5, 0.6) is 0 Å². The number of aliphatic hydroxyl groups excluding tert-OH is 2. The molecule has 376 valence electrons. The van der Waals surface area contributed by atoms with Crippen molar-refractivity contribution in [3.8, 4) is 0 Å². The molecular formula is C63H101NO3. The molecule has 0 radical (unpaired) electrons. The molecule has 0 spiro atoms. The van der Waals surface area contributed by atoms with Gasteiger partial charge in [0.2, 0.25) is 5.91 Å². The van der Waals surface area contributed by atoms with Gasteiger partial charge < -0.3 is 15.5 Å². The number of hydrogen-bond acceptors (Lipinski definition) is 3. The molecule has 4 nitrogen and oxygen atoms in total. The number of aliphatic hydroxyl groups is 2. The van der Waals surface area contributed by atoms with Gasteiger partial charge in [-0.05, 0) is 109 Å². The Labute approximate surface area is 414 Å². The van der Waals surface area contributed by atoms with Gasteiger partial charge in [-0.15, -0.1) is 0 Å². The minimum atomic E-state index is -0.869. The predicted molar refractivity (Wildman–Crippen MR) is 298 cm³/mol. The minimum absolute atomic E-state index is 0.113. The summed E-state index contributed by atoms with van der Waals surface area (Å²) in [7, 11) is 0. The molecule has 3 N–H and O–H groups in total. The van der Waals surface area contributed by atoms with Crippen LogP contribution in [-0.2, 0) is 4.79 Å². The molecule has 0 aromatic heterocycles. The number of carbonyl (C=O) groups excluding carboxylic acids is 1. The molecule has 0 aromatic rings. The van der Waals surface area contributed by atoms with E-state index < -0.39 is 12.1 Å². The normalized spacial score (nSPS) is 14.1. The summed E-state index contributed by atoms with van der Waals surface area (Å²) in [5, 5.41) is 23.1. The highest BCUT2D eigenvalue weighted by Crippen LogP contribution is 2.14. The van der Waals surface area contributed by atoms with Gasteiger partial charge in [-0.25, -0.2) is 0 Å². The summed E-state index contributed by atoms with van der Waals surface area (Å²) < 4.78 is 0. The Morgan fingerprint density at radius 3 is 0.985 bits per heavy atom. The van der Waals surface area contributed by atoms with Crippen LogP contribution in [0.4, 0.5) is 0 Å². The maximum atomic E-state index is 12.4. The minimum Gasteiger partial charge on any atom is -0.394 e. The van der Waals surface area contributed by atoms with E-state index >= 15 is 0 Å². The summed E-state index contributed by atoms with van der Waals surface area (Å²) in [5.41, 5.74) is 0. The monoisotopic (exact) mass is 920 g/mol. The van der Waals surface area contributed by atoms with Crippen LogP contribution in [0.3, 0.4) is 0 Å². The summed E-state index contributed by atoms with van der Waals surface area (Å²) in [4.78, 5) is 12.4. The van der Waals surface area contributed by atoms with Crippen molar-refractivity contribution >= 4 is 5.91 Å². The molecule has 0 aliphatic rings. The van der Waals surface area contributed by atoms with Crippen LogP contribution in [0.15, 0.2) is 158 Å². The second-order valence-corrected chi connectivity index (χ2v) is 17.6. The summed E-state index contributed by atoms with van der Waals surface area (Å²) in [6.07, 6.45) is 91.0. The van der Waals surface area contributed by atoms with E-state index in [0.29, 0.717) is 6.42 Å². The van der Waals surface area contributed by atoms with Gasteiger partial charge in [0.1, 0.15) is 0 Å². The van der Waals surface area contributed by atoms with Crippen molar-refractivity contribution in [1.82, 2.24) is 5.32 Å². The highest BCUT2D eigenvalue weighted by atomic mass is 16.3. The number of hydrogen-bond donors (Lipinski definition) is 3. The lowest BCUT2D eigenvalue weighted by Crippen LogP contribution is -2.45. The maximum Gasteiger partial charge on any atom is 0.220 e. The molecular weight excluding hydrogens is 819 g/mol. The number of rotatable bonds is 47. The van der Waals surface area contributed by atoms with E-state index in [-0.39, 0.29) is 12.5 Å². The van der Waals surface area contributed by atoms with E-state index in [1.807, 2.05) is 6.08 Å². The second kappa shape index (κ2) is 56.3. The second-order valence-electron chi connectivity index (χ2n) is 17.6. The third kappa shape index (κ3) is 52.8. The number of carbonyl (C=O) groups is 1. The van der Waals surface area contributed by atoms with Crippen molar-refractivity contribution in [3.63, 3.8) is 0 Å². The molecule has 0 aromatic carbocycles. The van der Waals surface area contributed by atoms with Crippen molar-refractivity contribution in [3.05, 3.63) is 158 Å². The summed E-state index contributed by atoms with van der Waals surface area (Å²) in [6.45, 7) is 4.17. The molecule has 67 heavy (non-hydrogen) atoms. The molecule has 0 saturated heterocycles. The van der Waals surface area contributed by atoms with Gasteiger partial charge in [-0.1, -0.05) is 255 Å². The largest absolute Gasteiger partial charge is 0.394 e. The summed E-state index contributed by atoms with van der Waals surface area (Å²) in [6, 6.07) is -0.657. The van der Waals surface area contributed by atoms with E-state index in [0.717, 1.165) is 109 Å². The van der Waals surface area contributed by atoms with Gasteiger partial charge in [0.25, 0.3) is 0 Å². The van der Waals surface area contributed by atoms with E-state index in [9.17, 15) is 15.0 Å². The van der Waals surface area contributed by atoms with E-state index in [4.69, 9.17) is 0 Å². The Balaban J connectivity index is 3.75. The van der Waals surface area contributed by atoms with Crippen molar-refractivity contribution in [2.75, 3.05) is 6.61 Å². The summed E-state index contributed by atoms with van der Waals surface area (Å²) >= 11 is 0. The quantitative estimate of drug-likeness (QED) is 0.0421. The number of allylic oxidation sites excluding steroid dienone is 25. The lowest BCUT2D eigenvalue weighted by molar-refractivity contribution is -0.123. The van der Waals surface area contributed by atoms with Gasteiger partial charge in [0.15, 0.2) is 0 Å². The highest BCUT2D eigenvalue weighted by molar-refractivity contribution is 5.76. The molecule has 0 fully saturated rings. The van der Waals surface area contributed by atoms with Crippen molar-refractivity contribution in [1.29, 1.82) is 0 Å². The number of nitrogens with one attached hydrogen (secondary N) is 1. The molecule has 1 amide bonds. The first kappa shape index (κ1) is 63.0. The molecule has 0 heterocycles. The van der Waals surface area contributed by atoms with Crippen molar-refractivity contribution in [2.45, 2.75) is 225 Å². The van der Waals surface area contributed by atoms with Gasteiger partial charge >= 0.3 is 0 Å². The Morgan fingerprint density at radius 1 is 0.373 bits per heavy atom. The van der Waals surface area contributed by atoms with Gasteiger partial charge in [-0.2, -0.15) is 0 Å². The zero-order chi connectivity index (χ0) is 48.5. The van der Waals surface area contributed by atoms with Gasteiger partial charge in [0.05, 0.1) is 18.8 Å². The van der Waals surface area contributed by atoms with Gasteiger partial charge in [0, 0.05) is 6.42 Å². The average molecular weight is 921 g/mol. The Bertz CT molecular complexity index is 1460. The first-order chi connectivity index (χ1) is 33.2. The van der Waals surface area contributed by atoms with Crippen LogP contribution in [0.25, 0.3) is 0 Å². The SMILES string of the molecule is CC/C=C\C/C=C\C/C=C\C/C=C\C/C=C\C/C=C\C/C=C\C/C=C\C/C=C\C/C=C\C/C=C\C/C=C\CCCCC(=O)NC(CO)C(O)/C=C/CCCCCCCCCCCCCCCC. The fourth-order valence-corrected chi connectivity index (χ4v) is 7.16. The predicted octanol–water partition coefficient (Wildman–Crippen LogP) is 18.2. The number of amides is 1. The molecule has 2 unspecified atom stereocenters. The van der Waals surface area contributed by atoms with Crippen LogP contribution < -0.4 is 5.32 Å². The summed E-state index contributed by atoms with van der Waals surface area (Å²) in [5.74, 6) is -0.113. The van der Waals surface area contributed by atoms with E-state index in [1.165, 1.54) is 83.5 Å². The van der Waals surface area contributed by atoms with E-state index in [2.05, 4.69) is 165 Å². The van der Waals surface area contributed by atoms with Crippen LogP contribution in [0.1, 0.15) is 213 Å². The van der Waals surface area contributed by atoms with Gasteiger partial charge in [-0.3, -0.25) is 4.79 Å². The fraction of sp³-hybridized carbons (Fsp3) is 0.571. The van der Waals surface area contributed by atoms with Crippen molar-refractivity contribution < 1.29 is 15.0 Å². The first-order valence-electron chi connectivity index (χ1n) is 27.2. The smallest absolute Gasteiger partial charge is 0.220 e. The molecule has 4 heteroatoms. The third-order valence-electron chi connectivity index (χ3n) is 11.3. The Morgan fingerprint density at radius 2 is 0.657 bits per heavy atom. The third-order valence-corrected chi connectivity index (χ3v) is 11.3. The lowest BCUT2D eigenvalue weighted by atomic mass is 10.0. The van der Waals surface area contributed by atoms with Crippen molar-refractivity contribution in [2.24, 2.45) is 0 Å². The molecule has 0 bridgehead atoms. The molecule has 0 saturated carbocycles. The first-order valence-corrected chi connectivity index (χ1v) is 27.2. The molecule has 2 atom stereocenters. The van der Waals surface area contributed by atoms with Crippen LogP contribution in [-0.4, -0.2) is 34.9 Å². The van der Waals surface area contributed by atoms with Crippen LogP contribution >= 0.6 is 0 Å². The standard InChI is InChI=1S/C63H101NO3/c1-3-5-7-9-11-13-15-17-19-21-22-23-24-25-26-27-28-29-30-31-32-33-34-35-36-37-38-39-40-41-42-43-45-47-49-51-53-55-57-59-63(67)64-61(60-65)62(66)58-56-54-52-50-48-46-44-20-18-16-14-12-10-8-6-4-2/h5,7,11,13,17,19,22-23,25-26,28-29,31-32,34-35,37-38,40-41,43,45,49,51,56,58,61-62,65-66H,3-4,6,8-10,12,14-16,18,20-21,24,27,30,33,36,39,42,44,46-48,50,52-55,57,59-60H2,1-2H3,(H,64,67)/b7-5-,13-11-,19-17-,23-22-,26-25-,29-28-,32-31-,35-34-,38-37-,41-40-,45-43-,51-49-,58-56+. The Kier molecular flexibility index (Phi) is 53.0.